The summed E-state index contributed by atoms with van der Waals surface area (Å²) in [7, 11) is -1.34. The van der Waals surface area contributed by atoms with Crippen molar-refractivity contribution in [3.8, 4) is 54.2 Å². The Balaban J connectivity index is 0.000000183. The van der Waals surface area contributed by atoms with Crippen LogP contribution < -0.4 is 5.19 Å². The monoisotopic (exact) mass is 1390 g/mol. The third kappa shape index (κ3) is 16.5. The minimum atomic E-state index is -1.34. The van der Waals surface area contributed by atoms with Crippen molar-refractivity contribution < 1.29 is 50.1 Å². The molecule has 0 amide bonds. The van der Waals surface area contributed by atoms with Gasteiger partial charge in [-0.15, -0.1) is 83.1 Å². The van der Waals surface area contributed by atoms with Gasteiger partial charge in [-0.2, -0.15) is 0 Å². The van der Waals surface area contributed by atoms with E-state index in [2.05, 4.69) is 170 Å². The number of nitrogens with zero attached hydrogens (tertiary/aromatic N) is 3. The van der Waals surface area contributed by atoms with Crippen LogP contribution in [0.3, 0.4) is 0 Å². The Morgan fingerprint density at radius 3 is 1.63 bits per heavy atom. The number of pyridine rings is 3. The van der Waals surface area contributed by atoms with Crippen molar-refractivity contribution in [2.45, 2.75) is 53.8 Å². The van der Waals surface area contributed by atoms with Crippen LogP contribution in [0.5, 0.6) is 0 Å². The molecule has 10 rings (SSSR count). The molecule has 0 atom stereocenters. The molecule has 5 aromatic carbocycles. The van der Waals surface area contributed by atoms with Gasteiger partial charge in [-0.1, -0.05) is 81.5 Å². The molecule has 0 aliphatic carbocycles. The maximum absolute atomic E-state index is 10.0. The van der Waals surface area contributed by atoms with Crippen LogP contribution in [-0.4, -0.2) is 48.4 Å². The number of hydrogen-bond donors (Lipinski definition) is 1. The van der Waals surface area contributed by atoms with E-state index in [4.69, 9.17) is 5.11 Å². The molecule has 5 aromatic heterocycles. The van der Waals surface area contributed by atoms with Gasteiger partial charge in [0.25, 0.3) is 0 Å². The first-order valence-corrected chi connectivity index (χ1v) is 29.0. The number of aliphatic hydroxyl groups is 1. The van der Waals surface area contributed by atoms with Gasteiger partial charge in [0.05, 0.1) is 13.8 Å². The van der Waals surface area contributed by atoms with Gasteiger partial charge in [0.2, 0.25) is 0 Å². The smallest absolute Gasteiger partial charge is 0.0355 e. The van der Waals surface area contributed by atoms with Crippen LogP contribution in [0.4, 0.5) is 0 Å². The van der Waals surface area contributed by atoms with E-state index < -0.39 is 8.07 Å². The number of rotatable bonds is 9. The van der Waals surface area contributed by atoms with Crippen molar-refractivity contribution in [2.24, 2.45) is 5.92 Å². The molecule has 10 heteroatoms. The third-order valence-electron chi connectivity index (χ3n) is 10.7. The summed E-state index contributed by atoms with van der Waals surface area (Å²) in [6.07, 6.45) is 8.38. The number of allylic oxidation sites excluding steroid dienone is 2. The average Bonchev–Trinajstić information content (AvgIpc) is 4.00. The Labute approximate surface area is 457 Å². The number of carbonyl (C=O) groups is 1. The van der Waals surface area contributed by atoms with Crippen LogP contribution in [-0.2, 0) is 51.4 Å². The zero-order valence-corrected chi connectivity index (χ0v) is 49.2. The summed E-state index contributed by atoms with van der Waals surface area (Å²) in [6, 6.07) is 65.9. The fourth-order valence-corrected chi connectivity index (χ4v) is 12.3. The largest absolute Gasteiger partial charge is 0.304 e. The second-order valence-electron chi connectivity index (χ2n) is 18.0. The normalized spacial score (nSPS) is 10.9. The quantitative estimate of drug-likeness (QED) is 0.0674. The second kappa shape index (κ2) is 27.4. The molecule has 0 saturated heterocycles. The number of hydrogen-bond acceptors (Lipinski definition) is 6. The summed E-state index contributed by atoms with van der Waals surface area (Å²) in [6.45, 7) is 14.6. The molecule has 0 saturated carbocycles. The summed E-state index contributed by atoms with van der Waals surface area (Å²) in [4.78, 5) is 25.1. The molecule has 10 aromatic rings. The summed E-state index contributed by atoms with van der Waals surface area (Å²) in [5.41, 5.74) is 10.2. The first-order valence-electron chi connectivity index (χ1n) is 23.0. The van der Waals surface area contributed by atoms with E-state index in [9.17, 15) is 4.79 Å². The van der Waals surface area contributed by atoms with Crippen LogP contribution in [0.2, 0.25) is 19.6 Å². The molecule has 5 nitrogen and oxygen atoms in total. The Morgan fingerprint density at radius 2 is 1.14 bits per heavy atom. The van der Waals surface area contributed by atoms with Gasteiger partial charge in [-0.3, -0.25) is 4.79 Å². The molecule has 0 spiro atoms. The minimum absolute atomic E-state index is 0. The van der Waals surface area contributed by atoms with Crippen molar-refractivity contribution in [1.29, 1.82) is 0 Å². The molecule has 0 aliphatic heterocycles. The average molecular weight is 1390 g/mol. The molecule has 71 heavy (non-hydrogen) atoms. The van der Waals surface area contributed by atoms with Gasteiger partial charge in [-0.25, -0.2) is 0 Å². The van der Waals surface area contributed by atoms with E-state index in [1.165, 1.54) is 70.8 Å². The van der Waals surface area contributed by atoms with E-state index in [0.29, 0.717) is 20.4 Å². The Morgan fingerprint density at radius 1 is 0.634 bits per heavy atom. The van der Waals surface area contributed by atoms with Gasteiger partial charge < -0.3 is 15.1 Å². The molecular formula is C61H56Ir2N3O2SSeSi-3. The van der Waals surface area contributed by atoms with Crippen molar-refractivity contribution in [1.82, 2.24) is 15.0 Å². The van der Waals surface area contributed by atoms with Crippen LogP contribution in [0.1, 0.15) is 33.3 Å². The second-order valence-corrected chi connectivity index (χ2v) is 26.4. The van der Waals surface area contributed by atoms with Crippen LogP contribution >= 0.6 is 11.3 Å². The summed E-state index contributed by atoms with van der Waals surface area (Å²) < 4.78 is 4.05. The van der Waals surface area contributed by atoms with Gasteiger partial charge in [0.1, 0.15) is 0 Å². The van der Waals surface area contributed by atoms with Crippen LogP contribution in [0.15, 0.2) is 194 Å². The van der Waals surface area contributed by atoms with Crippen molar-refractivity contribution in [3.63, 3.8) is 0 Å². The molecule has 0 aliphatic rings. The van der Waals surface area contributed by atoms with Crippen LogP contribution in [0, 0.1) is 24.1 Å². The first kappa shape index (κ1) is 56.4. The third-order valence-corrected chi connectivity index (χ3v) is 16.3. The maximum Gasteiger partial charge on any atom is 0.0355 e. The number of thiophene rings is 1. The van der Waals surface area contributed by atoms with Gasteiger partial charge in [0.15, 0.2) is 5.78 Å². The molecular weight excluding hydrogens is 1330 g/mol. The summed E-state index contributed by atoms with van der Waals surface area (Å²) >= 11 is 2.16. The number of aromatic nitrogens is 3. The van der Waals surface area contributed by atoms with Gasteiger partial charge in [0, 0.05) is 73.6 Å². The number of aliphatic hydroxyl groups excluding tert-OH is 1. The maximum atomic E-state index is 10.0. The Kier molecular flexibility index (Phi) is 21.7. The van der Waals surface area contributed by atoms with E-state index in [1.54, 1.807) is 11.3 Å². The number of benzene rings is 5. The number of carbonyl (C=O) groups excluding carboxylic acids is 1. The van der Waals surface area contributed by atoms with Crippen molar-refractivity contribution >= 4 is 64.6 Å². The first-order chi connectivity index (χ1) is 33.3. The molecule has 5 heterocycles. The van der Waals surface area contributed by atoms with Crippen LogP contribution in [0.25, 0.3) is 73.9 Å². The van der Waals surface area contributed by atoms with E-state index in [-0.39, 0.29) is 51.8 Å². The summed E-state index contributed by atoms with van der Waals surface area (Å²) in [5.74, 6) is 0.604. The number of ketones is 1. The molecule has 0 bridgehead atoms. The fourth-order valence-electron chi connectivity index (χ4n) is 7.54. The van der Waals surface area contributed by atoms with Crippen molar-refractivity contribution in [3.05, 3.63) is 218 Å². The fraction of sp³-hybridized carbons (Fsp3) is 0.148. The molecule has 0 fully saturated rings. The van der Waals surface area contributed by atoms with Gasteiger partial charge in [-0.05, 0) is 54.4 Å². The van der Waals surface area contributed by atoms with Crippen molar-refractivity contribution in [2.75, 3.05) is 0 Å². The Hall–Kier alpha value is -5.50. The molecule has 0 unspecified atom stereocenters. The minimum Gasteiger partial charge on any atom is -0.304 e. The predicted octanol–water partition coefficient (Wildman–Crippen LogP) is 15.2. The van der Waals surface area contributed by atoms with E-state index in [1.807, 2.05) is 79.1 Å². The molecule has 364 valence electrons. The summed E-state index contributed by atoms with van der Waals surface area (Å²) in [5, 5.41) is 12.3. The van der Waals surface area contributed by atoms with Gasteiger partial charge >= 0.3 is 129 Å². The zero-order valence-electron chi connectivity index (χ0n) is 40.9. The molecule has 2 radical (unpaired) electrons. The SMILES string of the molecule is CC(=O)C=C(C)O.CC(C)Cc1cc(-c2[c-]cccc2)ncc1[Si](C)(C)C.[Ir].[Ir].[c-]1ccccc1-c1cc2cc(-c3ccccc3)[se]c2cn1.[c-]1ccccc1-c1cc2sc(-c3ccccc3)cc2cn1. The number of fused-ring (bicyclic) bond motifs is 2. The standard InChI is InChI=1S/C19H12NS.C19H12NSe.C18H24NSi.C5H8O2.2Ir/c1-3-7-14(8-4-1)17-12-19-16(13-20-17)11-18(21-19)15-9-5-2-6-10-15;1-3-7-14(8-4-1)17-11-16-12-18(21-19(16)13-20-17)15-9-5-2-6-10-15;1-14(2)11-16-12-17(15-9-7-6-8-10-15)19-13-18(16)20(3,4)5;1-4(6)3-5(2)7;;/h2*1-7,9-13H;6-9,12-14H,11H2,1-5H3;3,6H,1-2H3;;/q3*-1;;;. The zero-order chi connectivity index (χ0) is 48.8. The molecule has 1 N–H and O–H groups in total. The van der Waals surface area contributed by atoms with E-state index >= 15 is 0 Å². The van der Waals surface area contributed by atoms with E-state index in [0.717, 1.165) is 40.2 Å². The topological polar surface area (TPSA) is 76.0 Å². The predicted molar refractivity (Wildman–Crippen MR) is 295 cm³/mol. The Bertz CT molecular complexity index is 3020.